The third kappa shape index (κ3) is 2.89. The van der Waals surface area contributed by atoms with Crippen molar-refractivity contribution < 1.29 is 24.4 Å². The highest BCUT2D eigenvalue weighted by atomic mass is 16.8. The number of rotatable bonds is 4. The predicted octanol–water partition coefficient (Wildman–Crippen LogP) is 3.64. The normalized spacial score (nSPS) is 11.2. The van der Waals surface area contributed by atoms with Crippen LogP contribution in [0.15, 0.2) is 45.2 Å². The molecule has 0 bridgehead atoms. The zero-order valence-corrected chi connectivity index (χ0v) is 13.6. The van der Waals surface area contributed by atoms with E-state index >= 15 is 0 Å². The molecule has 6 heteroatoms. The fourth-order valence-electron chi connectivity index (χ4n) is 2.78. The third-order valence-corrected chi connectivity index (χ3v) is 3.92. The number of hydrogen-bond donors (Lipinski definition) is 2. The van der Waals surface area contributed by atoms with E-state index in [1.54, 1.807) is 19.1 Å². The molecule has 0 aliphatic rings. The van der Waals surface area contributed by atoms with Crippen molar-refractivity contribution >= 4 is 5.69 Å². The van der Waals surface area contributed by atoms with E-state index in [2.05, 4.69) is 0 Å². The number of aryl methyl sites for hydroxylation is 3. The van der Waals surface area contributed by atoms with Crippen molar-refractivity contribution in [1.82, 2.24) is 0 Å². The Morgan fingerprint density at radius 2 is 1.46 bits per heavy atom. The number of furan rings is 2. The summed E-state index contributed by atoms with van der Waals surface area (Å²) in [6.07, 6.45) is 0. The maximum Gasteiger partial charge on any atom is 0.119 e. The average molecular weight is 328 g/mol. The summed E-state index contributed by atoms with van der Waals surface area (Å²) in [6.45, 7) is 5.25. The molecule has 0 unspecified atom stereocenters. The van der Waals surface area contributed by atoms with Crippen LogP contribution in [-0.4, -0.2) is 10.4 Å². The van der Waals surface area contributed by atoms with Gasteiger partial charge < -0.3 is 13.9 Å². The number of hydrogen-bond acceptors (Lipinski definition) is 6. The Kier molecular flexibility index (Phi) is 4.09. The number of anilines is 1. The van der Waals surface area contributed by atoms with E-state index in [0.717, 1.165) is 0 Å². The lowest BCUT2D eigenvalue weighted by Crippen LogP contribution is -2.14. The molecule has 1 aromatic carbocycles. The minimum Gasteiger partial charge on any atom is -0.872 e. The van der Waals surface area contributed by atoms with Gasteiger partial charge in [-0.25, -0.2) is 0 Å². The first-order valence-electron chi connectivity index (χ1n) is 7.49. The second-order valence-corrected chi connectivity index (χ2v) is 5.80. The van der Waals surface area contributed by atoms with Gasteiger partial charge in [0.25, 0.3) is 0 Å². The van der Waals surface area contributed by atoms with Gasteiger partial charge in [0.05, 0.1) is 11.6 Å². The second-order valence-electron chi connectivity index (χ2n) is 5.80. The van der Waals surface area contributed by atoms with Gasteiger partial charge in [0.1, 0.15) is 23.0 Å². The highest BCUT2D eigenvalue weighted by molar-refractivity contribution is 5.57. The first-order valence-corrected chi connectivity index (χ1v) is 7.49. The summed E-state index contributed by atoms with van der Waals surface area (Å²) in [7, 11) is 0. The Bertz CT molecular complexity index is 822. The zero-order valence-electron chi connectivity index (χ0n) is 13.6. The Morgan fingerprint density at radius 3 is 1.88 bits per heavy atom. The molecule has 0 spiro atoms. The smallest absolute Gasteiger partial charge is 0.119 e. The van der Waals surface area contributed by atoms with Crippen LogP contribution in [-0.2, 0) is 0 Å². The minimum absolute atomic E-state index is 0.00618. The first kappa shape index (κ1) is 16.2. The molecule has 126 valence electrons. The highest BCUT2D eigenvalue weighted by Gasteiger charge is 2.25. The maximum atomic E-state index is 12.7. The van der Waals surface area contributed by atoms with Crippen molar-refractivity contribution in [2.75, 3.05) is 5.23 Å². The molecule has 3 aromatic rings. The molecule has 2 N–H and O–H groups in total. The molecule has 0 aliphatic heterocycles. The zero-order chi connectivity index (χ0) is 17.4. The van der Waals surface area contributed by atoms with Crippen LogP contribution in [0.1, 0.15) is 40.1 Å². The van der Waals surface area contributed by atoms with Gasteiger partial charge in [-0.05, 0) is 62.7 Å². The van der Waals surface area contributed by atoms with Gasteiger partial charge in [-0.2, -0.15) is 0 Å². The van der Waals surface area contributed by atoms with Gasteiger partial charge in [-0.1, -0.05) is 5.56 Å². The van der Waals surface area contributed by atoms with Crippen LogP contribution in [0.25, 0.3) is 0 Å². The van der Waals surface area contributed by atoms with E-state index in [9.17, 15) is 15.5 Å². The molecule has 0 fully saturated rings. The molecule has 24 heavy (non-hydrogen) atoms. The Hall–Kier alpha value is -2.70. The van der Waals surface area contributed by atoms with Gasteiger partial charge in [-0.15, -0.1) is 11.0 Å². The van der Waals surface area contributed by atoms with E-state index in [1.807, 2.05) is 26.0 Å². The van der Waals surface area contributed by atoms with Crippen LogP contribution in [0.5, 0.6) is 5.75 Å². The molecule has 3 rings (SSSR count). The number of nitrogens with zero attached hydrogens (tertiary/aromatic N) is 1. The molecule has 0 radical (unpaired) electrons. The third-order valence-electron chi connectivity index (χ3n) is 3.92. The summed E-state index contributed by atoms with van der Waals surface area (Å²) in [5.74, 6) is 1.76. The summed E-state index contributed by atoms with van der Waals surface area (Å²) in [6, 6.07) is 10.0. The molecule has 0 aliphatic carbocycles. The van der Waals surface area contributed by atoms with Crippen molar-refractivity contribution in [3.63, 3.8) is 0 Å². The molecular weight excluding hydrogens is 310 g/mol. The molecule has 2 aromatic heterocycles. The Balaban J connectivity index is 2.23. The van der Waals surface area contributed by atoms with Crippen molar-refractivity contribution in [2.24, 2.45) is 0 Å². The molecular formula is C18H18NO5-. The predicted molar refractivity (Wildman–Crippen MR) is 84.5 cm³/mol. The van der Waals surface area contributed by atoms with Gasteiger partial charge in [0, 0.05) is 0 Å². The van der Waals surface area contributed by atoms with Crippen molar-refractivity contribution in [2.45, 2.75) is 26.7 Å². The van der Waals surface area contributed by atoms with Crippen LogP contribution in [0.2, 0.25) is 0 Å². The Labute approximate surface area is 139 Å². The molecule has 6 nitrogen and oxygen atoms in total. The summed E-state index contributed by atoms with van der Waals surface area (Å²) in [4.78, 5) is 0. The van der Waals surface area contributed by atoms with Gasteiger partial charge >= 0.3 is 0 Å². The summed E-state index contributed by atoms with van der Waals surface area (Å²) < 4.78 is 11.4. The van der Waals surface area contributed by atoms with Crippen LogP contribution in [0, 0.1) is 20.8 Å². The summed E-state index contributed by atoms with van der Waals surface area (Å²) in [5.41, 5.74) is 0.840. The van der Waals surface area contributed by atoms with Crippen molar-refractivity contribution in [3.05, 3.63) is 70.6 Å². The van der Waals surface area contributed by atoms with E-state index in [4.69, 9.17) is 8.83 Å². The summed E-state index contributed by atoms with van der Waals surface area (Å²) in [5, 5.41) is 31.3. The lowest BCUT2D eigenvalue weighted by Gasteiger charge is -2.24. The molecule has 0 amide bonds. The van der Waals surface area contributed by atoms with Gasteiger partial charge in [0.15, 0.2) is 0 Å². The second kappa shape index (κ2) is 6.07. The molecule has 0 saturated heterocycles. The topological polar surface area (TPSA) is 93.0 Å². The quantitative estimate of drug-likeness (QED) is 0.710. The summed E-state index contributed by atoms with van der Waals surface area (Å²) >= 11 is 0. The first-order chi connectivity index (χ1) is 11.4. The standard InChI is InChI=1S/C18H19NO5/c1-10-8-13(19(21)22)9-14(18(10)20)17(15-6-4-11(2)23-15)16-7-5-12(3)24-16/h4-9,17,20-22H,1-3H3/p-1. The SMILES string of the molecule is Cc1ccc(C(c2ccc(C)o2)c2cc(N(O)O)cc(C)c2[O-])o1. The van der Waals surface area contributed by atoms with Crippen molar-refractivity contribution in [3.8, 4) is 5.75 Å². The van der Waals surface area contributed by atoms with E-state index in [-0.39, 0.29) is 16.7 Å². The fourth-order valence-corrected chi connectivity index (χ4v) is 2.78. The maximum absolute atomic E-state index is 12.7. The number of benzene rings is 1. The van der Waals surface area contributed by atoms with E-state index < -0.39 is 5.92 Å². The molecule has 0 atom stereocenters. The fraction of sp³-hybridized carbons (Fsp3) is 0.222. The van der Waals surface area contributed by atoms with Crippen molar-refractivity contribution in [1.29, 1.82) is 0 Å². The van der Waals surface area contributed by atoms with Crippen LogP contribution in [0.4, 0.5) is 5.69 Å². The van der Waals surface area contributed by atoms with Crippen LogP contribution in [0.3, 0.4) is 0 Å². The van der Waals surface area contributed by atoms with Crippen LogP contribution < -0.4 is 10.3 Å². The molecule has 0 saturated carbocycles. The van der Waals surface area contributed by atoms with E-state index in [1.165, 1.54) is 12.1 Å². The highest BCUT2D eigenvalue weighted by Crippen LogP contribution is 2.40. The lowest BCUT2D eigenvalue weighted by atomic mass is 9.91. The molecule has 2 heterocycles. The van der Waals surface area contributed by atoms with Gasteiger partial charge in [0.2, 0.25) is 0 Å². The largest absolute Gasteiger partial charge is 0.872 e. The minimum atomic E-state index is -0.571. The van der Waals surface area contributed by atoms with Gasteiger partial charge in [-0.3, -0.25) is 10.4 Å². The lowest BCUT2D eigenvalue weighted by molar-refractivity contribution is -0.270. The monoisotopic (exact) mass is 328 g/mol. The Morgan fingerprint density at radius 1 is 0.917 bits per heavy atom. The average Bonchev–Trinajstić information content (AvgIpc) is 3.12. The van der Waals surface area contributed by atoms with E-state index in [0.29, 0.717) is 34.2 Å². The van der Waals surface area contributed by atoms with Crippen LogP contribution >= 0.6 is 0 Å².